The fourth-order valence-corrected chi connectivity index (χ4v) is 3.01. The van der Waals surface area contributed by atoms with E-state index in [1.165, 1.54) is 0 Å². The molecule has 0 aliphatic heterocycles. The van der Waals surface area contributed by atoms with Crippen LogP contribution >= 0.6 is 0 Å². The zero-order chi connectivity index (χ0) is 12.9. The average molecular weight is 250 g/mol. The zero-order valence-corrected chi connectivity index (χ0v) is 11.1. The standard InChI is InChI=1S/C14H18O2S/c1-4-6-12(3)13-7-9-14(10-8-13)17(15,16)11-5-2/h1,7-10,12H,5-6,11H2,2-3H3. The van der Waals surface area contributed by atoms with Crippen molar-refractivity contribution >= 4 is 9.84 Å². The van der Waals surface area contributed by atoms with Crippen LogP contribution in [0.15, 0.2) is 29.2 Å². The predicted octanol–water partition coefficient (Wildman–Crippen LogP) is 3.00. The van der Waals surface area contributed by atoms with Crippen LogP contribution in [0.1, 0.15) is 38.2 Å². The molecule has 0 amide bonds. The maximum atomic E-state index is 11.8. The topological polar surface area (TPSA) is 34.1 Å². The number of hydrogen-bond acceptors (Lipinski definition) is 2. The Hall–Kier alpha value is -1.27. The van der Waals surface area contributed by atoms with Gasteiger partial charge < -0.3 is 0 Å². The molecule has 0 radical (unpaired) electrons. The van der Waals surface area contributed by atoms with Crippen molar-refractivity contribution in [3.05, 3.63) is 29.8 Å². The molecular formula is C14H18O2S. The first-order chi connectivity index (χ1) is 8.01. The second-order valence-corrected chi connectivity index (χ2v) is 6.31. The number of rotatable bonds is 5. The molecular weight excluding hydrogens is 232 g/mol. The van der Waals surface area contributed by atoms with Crippen molar-refractivity contribution in [1.82, 2.24) is 0 Å². The SMILES string of the molecule is C#CCC(C)c1ccc(S(=O)(=O)CCC)cc1. The molecule has 0 aromatic heterocycles. The minimum atomic E-state index is -3.11. The summed E-state index contributed by atoms with van der Waals surface area (Å²) in [5.41, 5.74) is 1.08. The van der Waals surface area contributed by atoms with Crippen molar-refractivity contribution in [3.63, 3.8) is 0 Å². The fraction of sp³-hybridized carbons (Fsp3) is 0.429. The third-order valence-corrected chi connectivity index (χ3v) is 4.64. The van der Waals surface area contributed by atoms with Crippen molar-refractivity contribution in [2.24, 2.45) is 0 Å². The normalized spacial score (nSPS) is 13.0. The van der Waals surface area contributed by atoms with E-state index in [1.807, 2.05) is 26.0 Å². The molecule has 92 valence electrons. The number of sulfone groups is 1. The van der Waals surface area contributed by atoms with Crippen molar-refractivity contribution in [1.29, 1.82) is 0 Å². The molecule has 3 heteroatoms. The summed E-state index contributed by atoms with van der Waals surface area (Å²) in [6.07, 6.45) is 6.56. The van der Waals surface area contributed by atoms with Gasteiger partial charge in [0.2, 0.25) is 0 Å². The lowest BCUT2D eigenvalue weighted by atomic mass is 9.98. The van der Waals surface area contributed by atoms with Crippen LogP contribution in [0.3, 0.4) is 0 Å². The maximum Gasteiger partial charge on any atom is 0.178 e. The summed E-state index contributed by atoms with van der Waals surface area (Å²) < 4.78 is 23.6. The van der Waals surface area contributed by atoms with Crippen molar-refractivity contribution in [2.45, 2.75) is 37.5 Å². The Labute approximate surface area is 104 Å². The highest BCUT2D eigenvalue weighted by Crippen LogP contribution is 2.21. The van der Waals surface area contributed by atoms with Crippen LogP contribution in [0.5, 0.6) is 0 Å². The lowest BCUT2D eigenvalue weighted by molar-refractivity contribution is 0.594. The van der Waals surface area contributed by atoms with E-state index in [0.717, 1.165) is 5.56 Å². The van der Waals surface area contributed by atoms with E-state index in [4.69, 9.17) is 6.42 Å². The van der Waals surface area contributed by atoms with Gasteiger partial charge in [-0.25, -0.2) is 8.42 Å². The minimum absolute atomic E-state index is 0.201. The highest BCUT2D eigenvalue weighted by Gasteiger charge is 2.13. The monoisotopic (exact) mass is 250 g/mol. The fourth-order valence-electron chi connectivity index (χ4n) is 1.68. The summed E-state index contributed by atoms with van der Waals surface area (Å²) in [4.78, 5) is 0.399. The molecule has 2 nitrogen and oxygen atoms in total. The van der Waals surface area contributed by atoms with Gasteiger partial charge in [-0.3, -0.25) is 0 Å². The first-order valence-electron chi connectivity index (χ1n) is 5.77. The molecule has 1 rings (SSSR count). The van der Waals surface area contributed by atoms with E-state index in [2.05, 4.69) is 5.92 Å². The molecule has 0 spiro atoms. The minimum Gasteiger partial charge on any atom is -0.224 e. The van der Waals surface area contributed by atoms with Gasteiger partial charge in [0.25, 0.3) is 0 Å². The third kappa shape index (κ3) is 3.61. The van der Waals surface area contributed by atoms with Gasteiger partial charge >= 0.3 is 0 Å². The maximum absolute atomic E-state index is 11.8. The van der Waals surface area contributed by atoms with Gasteiger partial charge in [0.05, 0.1) is 10.6 Å². The Morgan fingerprint density at radius 1 is 1.29 bits per heavy atom. The van der Waals surface area contributed by atoms with Crippen molar-refractivity contribution in [3.8, 4) is 12.3 Å². The van der Waals surface area contributed by atoms with Gasteiger partial charge in [-0.15, -0.1) is 12.3 Å². The average Bonchev–Trinajstić information content (AvgIpc) is 2.29. The van der Waals surface area contributed by atoms with E-state index < -0.39 is 9.84 Å². The third-order valence-electron chi connectivity index (χ3n) is 2.71. The van der Waals surface area contributed by atoms with Gasteiger partial charge in [0, 0.05) is 6.42 Å². The quantitative estimate of drug-likeness (QED) is 0.753. The highest BCUT2D eigenvalue weighted by atomic mass is 32.2. The van der Waals surface area contributed by atoms with Gasteiger partial charge in [0.15, 0.2) is 9.84 Å². The van der Waals surface area contributed by atoms with Crippen LogP contribution in [-0.4, -0.2) is 14.2 Å². The van der Waals surface area contributed by atoms with E-state index in [-0.39, 0.29) is 11.7 Å². The van der Waals surface area contributed by atoms with E-state index in [1.54, 1.807) is 12.1 Å². The summed E-state index contributed by atoms with van der Waals surface area (Å²) in [5.74, 6) is 3.08. The molecule has 0 N–H and O–H groups in total. The summed E-state index contributed by atoms with van der Waals surface area (Å²) >= 11 is 0. The van der Waals surface area contributed by atoms with E-state index >= 15 is 0 Å². The molecule has 0 aliphatic carbocycles. The Morgan fingerprint density at radius 2 is 1.88 bits per heavy atom. The molecule has 0 heterocycles. The second kappa shape index (κ2) is 5.88. The summed E-state index contributed by atoms with van der Waals surface area (Å²) in [6, 6.07) is 7.05. The number of hydrogen-bond donors (Lipinski definition) is 0. The van der Waals surface area contributed by atoms with Gasteiger partial charge in [0.1, 0.15) is 0 Å². The highest BCUT2D eigenvalue weighted by molar-refractivity contribution is 7.91. The van der Waals surface area contributed by atoms with Crippen LogP contribution < -0.4 is 0 Å². The van der Waals surface area contributed by atoms with Crippen LogP contribution in [-0.2, 0) is 9.84 Å². The van der Waals surface area contributed by atoms with Crippen LogP contribution in [0.4, 0.5) is 0 Å². The van der Waals surface area contributed by atoms with Gasteiger partial charge in [-0.2, -0.15) is 0 Å². The smallest absolute Gasteiger partial charge is 0.178 e. The van der Waals surface area contributed by atoms with Crippen LogP contribution in [0.25, 0.3) is 0 Å². The Balaban J connectivity index is 2.93. The summed E-state index contributed by atoms with van der Waals surface area (Å²) in [5, 5.41) is 0. The van der Waals surface area contributed by atoms with Crippen LogP contribution in [0, 0.1) is 12.3 Å². The molecule has 1 unspecified atom stereocenters. The molecule has 0 aliphatic rings. The Morgan fingerprint density at radius 3 is 2.35 bits per heavy atom. The molecule has 1 aromatic carbocycles. The zero-order valence-electron chi connectivity index (χ0n) is 10.3. The molecule has 0 fully saturated rings. The lowest BCUT2D eigenvalue weighted by Gasteiger charge is -2.09. The lowest BCUT2D eigenvalue weighted by Crippen LogP contribution is -2.06. The molecule has 0 saturated carbocycles. The van der Waals surface area contributed by atoms with Gasteiger partial charge in [-0.05, 0) is 30.0 Å². The predicted molar refractivity (Wildman–Crippen MR) is 70.7 cm³/mol. The van der Waals surface area contributed by atoms with E-state index in [0.29, 0.717) is 17.7 Å². The number of terminal acetylenes is 1. The summed E-state index contributed by atoms with van der Waals surface area (Å²) in [7, 11) is -3.11. The second-order valence-electron chi connectivity index (χ2n) is 4.20. The Bertz CT molecular complexity index is 492. The largest absolute Gasteiger partial charge is 0.224 e. The van der Waals surface area contributed by atoms with Gasteiger partial charge in [-0.1, -0.05) is 26.0 Å². The molecule has 0 bridgehead atoms. The summed E-state index contributed by atoms with van der Waals surface area (Å²) in [6.45, 7) is 3.90. The molecule has 1 aromatic rings. The van der Waals surface area contributed by atoms with Crippen molar-refractivity contribution < 1.29 is 8.42 Å². The van der Waals surface area contributed by atoms with Crippen molar-refractivity contribution in [2.75, 3.05) is 5.75 Å². The van der Waals surface area contributed by atoms with Crippen LogP contribution in [0.2, 0.25) is 0 Å². The molecule has 1 atom stereocenters. The number of benzene rings is 1. The van der Waals surface area contributed by atoms with E-state index in [9.17, 15) is 8.42 Å². The molecule has 0 saturated heterocycles. The first kappa shape index (κ1) is 13.8. The molecule has 17 heavy (non-hydrogen) atoms. The first-order valence-corrected chi connectivity index (χ1v) is 7.42. The Kier molecular flexibility index (Phi) is 4.77.